The van der Waals surface area contributed by atoms with Crippen LogP contribution in [0.3, 0.4) is 0 Å². The van der Waals surface area contributed by atoms with E-state index >= 15 is 0 Å². The molecule has 0 rings (SSSR count). The third-order valence-electron chi connectivity index (χ3n) is 0.594. The molecule has 44 valence electrons. The Morgan fingerprint density at radius 2 is 2.14 bits per heavy atom. The molecule has 0 fully saturated rings. The van der Waals surface area contributed by atoms with E-state index in [-0.39, 0.29) is 0 Å². The highest BCUT2D eigenvalue weighted by Gasteiger charge is 1.87. The minimum atomic E-state index is -1.63. The zero-order valence-corrected chi connectivity index (χ0v) is 5.73. The second kappa shape index (κ2) is 4.35. The first-order valence-electron chi connectivity index (χ1n) is 2.46. The molecule has 0 aromatic heterocycles. The van der Waals surface area contributed by atoms with Gasteiger partial charge in [-0.15, -0.1) is 0 Å². The summed E-state index contributed by atoms with van der Waals surface area (Å²) < 4.78 is 15.1. The Morgan fingerprint density at radius 1 is 1.57 bits per heavy atom. The van der Waals surface area contributed by atoms with E-state index < -0.39 is 8.03 Å². The van der Waals surface area contributed by atoms with Gasteiger partial charge in [-0.05, 0) is 6.92 Å². The molecule has 1 atom stereocenters. The molecule has 2 nitrogen and oxygen atoms in total. The van der Waals surface area contributed by atoms with Gasteiger partial charge in [-0.25, -0.2) is 0 Å². The molecule has 0 aliphatic rings. The molecule has 0 aromatic rings. The van der Waals surface area contributed by atoms with E-state index in [0.29, 0.717) is 12.8 Å². The summed E-state index contributed by atoms with van der Waals surface area (Å²) in [4.78, 5) is 0. The summed E-state index contributed by atoms with van der Waals surface area (Å²) in [7, 11) is -1.63. The van der Waals surface area contributed by atoms with Gasteiger partial charge in [0.15, 0.2) is 8.03 Å². The van der Waals surface area contributed by atoms with Gasteiger partial charge in [0.25, 0.3) is 0 Å². The summed E-state index contributed by atoms with van der Waals surface area (Å²) in [5, 5.41) is 0. The van der Waals surface area contributed by atoms with Crippen LogP contribution in [0.2, 0.25) is 0 Å². The monoisotopic (exact) mass is 122 g/mol. The van der Waals surface area contributed by atoms with Gasteiger partial charge in [-0.3, -0.25) is 4.57 Å². The molecule has 0 spiro atoms. The van der Waals surface area contributed by atoms with E-state index in [0.717, 1.165) is 0 Å². The minimum Gasteiger partial charge on any atom is -0.331 e. The normalized spacial score (nSPS) is 14.0. The topological polar surface area (TPSA) is 26.3 Å². The molecule has 3 heteroatoms. The van der Waals surface area contributed by atoms with Crippen molar-refractivity contribution in [2.45, 2.75) is 13.8 Å². The fraction of sp³-hybridized carbons (Fsp3) is 1.00. The maximum Gasteiger partial charge on any atom is 0.191 e. The van der Waals surface area contributed by atoms with E-state index in [2.05, 4.69) is 0 Å². The van der Waals surface area contributed by atoms with Crippen LogP contribution in [0.4, 0.5) is 0 Å². The van der Waals surface area contributed by atoms with Crippen LogP contribution >= 0.6 is 8.03 Å². The summed E-state index contributed by atoms with van der Waals surface area (Å²) in [5.74, 6) is 0. The van der Waals surface area contributed by atoms with Crippen molar-refractivity contribution in [2.24, 2.45) is 0 Å². The fourth-order valence-electron chi connectivity index (χ4n) is 0.263. The second-order valence-corrected chi connectivity index (χ2v) is 2.90. The lowest BCUT2D eigenvalue weighted by atomic mass is 10.9. The Labute approximate surface area is 44.7 Å². The molecule has 0 aliphatic heterocycles. The van der Waals surface area contributed by atoms with Crippen molar-refractivity contribution in [3.8, 4) is 0 Å². The summed E-state index contributed by atoms with van der Waals surface area (Å²) in [6.07, 6.45) is 0.665. The third kappa shape index (κ3) is 4.03. The van der Waals surface area contributed by atoms with Gasteiger partial charge in [0.1, 0.15) is 0 Å². The molecule has 0 bridgehead atoms. The quantitative estimate of drug-likeness (QED) is 0.530. The second-order valence-electron chi connectivity index (χ2n) is 1.16. The van der Waals surface area contributed by atoms with Crippen LogP contribution in [-0.4, -0.2) is 12.8 Å². The van der Waals surface area contributed by atoms with Gasteiger partial charge >= 0.3 is 0 Å². The zero-order chi connectivity index (χ0) is 5.70. The molecular weight excluding hydrogens is 111 g/mol. The first-order chi connectivity index (χ1) is 3.31. The Morgan fingerprint density at radius 3 is 2.29 bits per heavy atom. The Kier molecular flexibility index (Phi) is 4.47. The molecule has 1 unspecified atom stereocenters. The van der Waals surface area contributed by atoms with Crippen LogP contribution < -0.4 is 0 Å². The number of hydrogen-bond donors (Lipinski definition) is 0. The largest absolute Gasteiger partial charge is 0.331 e. The van der Waals surface area contributed by atoms with Crippen LogP contribution in [0.25, 0.3) is 0 Å². The minimum absolute atomic E-state index is 0.575. The van der Waals surface area contributed by atoms with E-state index in [1.807, 2.05) is 13.8 Å². The summed E-state index contributed by atoms with van der Waals surface area (Å²) in [5.41, 5.74) is 0. The maximum absolute atomic E-state index is 10.4. The van der Waals surface area contributed by atoms with Crippen LogP contribution in [0, 0.1) is 0 Å². The SMILES string of the molecule is CCO[PH](=O)CC. The van der Waals surface area contributed by atoms with E-state index in [1.165, 1.54) is 0 Å². The Hall–Kier alpha value is 0.190. The van der Waals surface area contributed by atoms with Crippen molar-refractivity contribution in [3.63, 3.8) is 0 Å². The highest BCUT2D eigenvalue weighted by atomic mass is 31.1. The first kappa shape index (κ1) is 7.19. The van der Waals surface area contributed by atoms with Crippen LogP contribution in [0.5, 0.6) is 0 Å². The molecule has 0 radical (unpaired) electrons. The van der Waals surface area contributed by atoms with Crippen molar-refractivity contribution in [2.75, 3.05) is 12.8 Å². The Balaban J connectivity index is 3.00. The first-order valence-corrected chi connectivity index (χ1v) is 3.99. The van der Waals surface area contributed by atoms with Crippen molar-refractivity contribution in [1.82, 2.24) is 0 Å². The number of rotatable bonds is 3. The lowest BCUT2D eigenvalue weighted by Crippen LogP contribution is -1.76. The average Bonchev–Trinajstić information content (AvgIpc) is 1.68. The average molecular weight is 122 g/mol. The van der Waals surface area contributed by atoms with Gasteiger partial charge in [-0.2, -0.15) is 0 Å². The van der Waals surface area contributed by atoms with Gasteiger partial charge in [0.05, 0.1) is 6.61 Å². The molecular formula is C4H11O2P. The van der Waals surface area contributed by atoms with Gasteiger partial charge in [0.2, 0.25) is 0 Å². The van der Waals surface area contributed by atoms with Crippen molar-refractivity contribution in [1.29, 1.82) is 0 Å². The number of hydrogen-bond acceptors (Lipinski definition) is 2. The van der Waals surface area contributed by atoms with Crippen molar-refractivity contribution >= 4 is 8.03 Å². The lowest BCUT2D eigenvalue weighted by molar-refractivity contribution is 0.351. The summed E-state index contributed by atoms with van der Waals surface area (Å²) in [6.45, 7) is 4.28. The summed E-state index contributed by atoms with van der Waals surface area (Å²) in [6, 6.07) is 0. The molecule has 0 amide bonds. The highest BCUT2D eigenvalue weighted by molar-refractivity contribution is 7.39. The predicted molar refractivity (Wildman–Crippen MR) is 31.2 cm³/mol. The lowest BCUT2D eigenvalue weighted by Gasteiger charge is -1.93. The van der Waals surface area contributed by atoms with Crippen LogP contribution in [0.15, 0.2) is 0 Å². The molecule has 0 aliphatic carbocycles. The van der Waals surface area contributed by atoms with Crippen LogP contribution in [0.1, 0.15) is 13.8 Å². The van der Waals surface area contributed by atoms with Gasteiger partial charge < -0.3 is 4.52 Å². The molecule has 0 heterocycles. The standard InChI is InChI=1S/C4H11O2P/c1-3-6-7(5)4-2/h7H,3-4H2,1-2H3. The molecule has 0 saturated carbocycles. The molecule has 7 heavy (non-hydrogen) atoms. The molecule has 0 N–H and O–H groups in total. The smallest absolute Gasteiger partial charge is 0.191 e. The predicted octanol–water partition coefficient (Wildman–Crippen LogP) is 1.52. The van der Waals surface area contributed by atoms with Gasteiger partial charge in [0, 0.05) is 6.16 Å². The van der Waals surface area contributed by atoms with Crippen molar-refractivity contribution in [3.05, 3.63) is 0 Å². The van der Waals surface area contributed by atoms with Gasteiger partial charge in [-0.1, -0.05) is 6.92 Å². The van der Waals surface area contributed by atoms with E-state index in [4.69, 9.17) is 4.52 Å². The van der Waals surface area contributed by atoms with Crippen LogP contribution in [-0.2, 0) is 9.09 Å². The van der Waals surface area contributed by atoms with Crippen molar-refractivity contribution < 1.29 is 9.09 Å². The fourth-order valence-corrected chi connectivity index (χ4v) is 0.789. The maximum atomic E-state index is 10.4. The van der Waals surface area contributed by atoms with E-state index in [9.17, 15) is 4.57 Å². The van der Waals surface area contributed by atoms with E-state index in [1.54, 1.807) is 0 Å². The summed E-state index contributed by atoms with van der Waals surface area (Å²) >= 11 is 0. The Bertz CT molecular complexity index is 62.7. The third-order valence-corrected chi connectivity index (χ3v) is 1.78. The molecule has 0 saturated heterocycles. The highest BCUT2D eigenvalue weighted by Crippen LogP contribution is 2.19. The zero-order valence-electron chi connectivity index (χ0n) is 4.73. The molecule has 0 aromatic carbocycles.